The minimum absolute atomic E-state index is 0.0254. The van der Waals surface area contributed by atoms with E-state index < -0.39 is 0 Å². The molecule has 2 heterocycles. The van der Waals surface area contributed by atoms with Gasteiger partial charge in [0, 0.05) is 12.2 Å². The number of hydrogen-bond acceptors (Lipinski definition) is 8. The molecule has 1 saturated heterocycles. The fraction of sp³-hybridized carbons (Fsp3) is 0.529. The van der Waals surface area contributed by atoms with Crippen LogP contribution in [0.4, 0.5) is 0 Å². The molecule has 2 aromatic rings. The molecule has 2 atom stereocenters. The van der Waals surface area contributed by atoms with Crippen LogP contribution in [0.25, 0.3) is 0 Å². The Morgan fingerprint density at radius 3 is 2.88 bits per heavy atom. The van der Waals surface area contributed by atoms with Crippen LogP contribution >= 0.6 is 11.8 Å². The first-order chi connectivity index (χ1) is 12.6. The van der Waals surface area contributed by atoms with Gasteiger partial charge >= 0.3 is 0 Å². The summed E-state index contributed by atoms with van der Waals surface area (Å²) < 4.78 is 17.8. The van der Waals surface area contributed by atoms with E-state index in [2.05, 4.69) is 15.5 Å². The number of rotatable bonds is 8. The van der Waals surface area contributed by atoms with Crippen molar-refractivity contribution in [2.45, 2.75) is 42.8 Å². The van der Waals surface area contributed by atoms with Crippen molar-refractivity contribution in [2.24, 2.45) is 0 Å². The molecule has 0 bridgehead atoms. The molecule has 0 amide bonds. The van der Waals surface area contributed by atoms with Crippen LogP contribution in [0.3, 0.4) is 0 Å². The number of carbonyl (C=O) groups excluding carboxylic acids is 1. The Kier molecular flexibility index (Phi) is 6.10. The number of thioether (sulfide) groups is 1. The van der Waals surface area contributed by atoms with Gasteiger partial charge in [-0.05, 0) is 48.4 Å². The van der Waals surface area contributed by atoms with Crippen LogP contribution < -0.4 is 9.47 Å². The van der Waals surface area contributed by atoms with E-state index in [4.69, 9.17) is 14.2 Å². The van der Waals surface area contributed by atoms with Crippen molar-refractivity contribution >= 4 is 17.5 Å². The molecule has 1 aromatic heterocycles. The molecule has 1 aliphatic rings. The number of ether oxygens (including phenoxy) is 3. The lowest BCUT2D eigenvalue weighted by Crippen LogP contribution is -2.19. The number of carbonyl (C=O) groups is 1. The summed E-state index contributed by atoms with van der Waals surface area (Å²) in [7, 11) is 3.11. The second-order valence-corrected chi connectivity index (χ2v) is 7.28. The van der Waals surface area contributed by atoms with Gasteiger partial charge in [-0.25, -0.2) is 4.68 Å². The average Bonchev–Trinajstić information content (AvgIpc) is 3.33. The average molecular weight is 378 g/mol. The van der Waals surface area contributed by atoms with Crippen LogP contribution in [-0.4, -0.2) is 58.2 Å². The highest BCUT2D eigenvalue weighted by atomic mass is 32.2. The third-order valence-electron chi connectivity index (χ3n) is 4.22. The van der Waals surface area contributed by atoms with Crippen molar-refractivity contribution in [3.8, 4) is 11.5 Å². The molecule has 26 heavy (non-hydrogen) atoms. The molecule has 0 spiro atoms. The van der Waals surface area contributed by atoms with E-state index in [0.29, 0.717) is 28.8 Å². The maximum absolute atomic E-state index is 12.8. The first-order valence-corrected chi connectivity index (χ1v) is 9.31. The summed E-state index contributed by atoms with van der Waals surface area (Å²) in [5.41, 5.74) is 0.556. The number of aromatic nitrogens is 4. The number of methoxy groups -OCH3 is 2. The molecule has 1 aliphatic heterocycles. The summed E-state index contributed by atoms with van der Waals surface area (Å²) in [6, 6.07) is 5.15. The van der Waals surface area contributed by atoms with Crippen LogP contribution in [-0.2, 0) is 11.3 Å². The topological polar surface area (TPSA) is 88.4 Å². The highest BCUT2D eigenvalue weighted by molar-refractivity contribution is 8.00. The van der Waals surface area contributed by atoms with Crippen molar-refractivity contribution in [1.29, 1.82) is 0 Å². The van der Waals surface area contributed by atoms with Gasteiger partial charge in [-0.2, -0.15) is 0 Å². The third-order valence-corrected chi connectivity index (χ3v) is 5.29. The van der Waals surface area contributed by atoms with E-state index >= 15 is 0 Å². The van der Waals surface area contributed by atoms with E-state index in [1.807, 2.05) is 6.92 Å². The predicted molar refractivity (Wildman–Crippen MR) is 96.0 cm³/mol. The van der Waals surface area contributed by atoms with E-state index in [-0.39, 0.29) is 17.1 Å². The molecular formula is C17H22N4O4S. The minimum atomic E-state index is -0.345. The van der Waals surface area contributed by atoms with Crippen LogP contribution in [0.1, 0.15) is 30.1 Å². The van der Waals surface area contributed by atoms with Crippen LogP contribution in [0.15, 0.2) is 23.4 Å². The number of nitrogens with zero attached hydrogens (tertiary/aromatic N) is 4. The van der Waals surface area contributed by atoms with Gasteiger partial charge in [0.2, 0.25) is 5.16 Å². The molecule has 1 aromatic carbocycles. The number of ketones is 1. The zero-order chi connectivity index (χ0) is 18.5. The standard InChI is InChI=1S/C17H22N4O4S/c1-11(16(22)12-6-7-14(23-2)15(9-12)24-3)26-17-18-19-20-21(17)10-13-5-4-8-25-13/h6-7,9,11,13H,4-5,8,10H2,1-3H3/t11-,13-/m1/s1. The molecular weight excluding hydrogens is 356 g/mol. The Labute approximate surface area is 156 Å². The van der Waals surface area contributed by atoms with Crippen molar-refractivity contribution in [3.05, 3.63) is 23.8 Å². The van der Waals surface area contributed by atoms with E-state index in [0.717, 1.165) is 19.4 Å². The Hall–Kier alpha value is -2.13. The highest BCUT2D eigenvalue weighted by Crippen LogP contribution is 2.30. The molecule has 0 aliphatic carbocycles. The first-order valence-electron chi connectivity index (χ1n) is 8.43. The van der Waals surface area contributed by atoms with Gasteiger partial charge < -0.3 is 14.2 Å². The molecule has 3 rings (SSSR count). The van der Waals surface area contributed by atoms with Crippen molar-refractivity contribution in [2.75, 3.05) is 20.8 Å². The van der Waals surface area contributed by atoms with Crippen molar-refractivity contribution in [1.82, 2.24) is 20.2 Å². The number of hydrogen-bond donors (Lipinski definition) is 0. The Morgan fingerprint density at radius 1 is 1.38 bits per heavy atom. The fourth-order valence-corrected chi connectivity index (χ4v) is 3.69. The Bertz CT molecular complexity index is 761. The van der Waals surface area contributed by atoms with Crippen LogP contribution in [0.2, 0.25) is 0 Å². The van der Waals surface area contributed by atoms with E-state index in [1.54, 1.807) is 37.1 Å². The second-order valence-electron chi connectivity index (χ2n) is 5.97. The summed E-state index contributed by atoms with van der Waals surface area (Å²) in [6.45, 7) is 3.23. The largest absolute Gasteiger partial charge is 0.493 e. The quantitative estimate of drug-likeness (QED) is 0.510. The maximum atomic E-state index is 12.8. The Morgan fingerprint density at radius 2 is 2.19 bits per heavy atom. The molecule has 0 saturated carbocycles. The normalized spacial score (nSPS) is 17.9. The number of Topliss-reactive ketones (excluding diaryl/α,β-unsaturated/α-hetero) is 1. The zero-order valence-corrected chi connectivity index (χ0v) is 15.9. The maximum Gasteiger partial charge on any atom is 0.210 e. The lowest BCUT2D eigenvalue weighted by Gasteiger charge is -2.13. The fourth-order valence-electron chi connectivity index (χ4n) is 2.81. The van der Waals surface area contributed by atoms with E-state index in [9.17, 15) is 4.79 Å². The lowest BCUT2D eigenvalue weighted by molar-refractivity contribution is 0.0911. The molecule has 0 radical (unpaired) electrons. The number of benzene rings is 1. The van der Waals surface area contributed by atoms with E-state index in [1.165, 1.54) is 11.8 Å². The van der Waals surface area contributed by atoms with Gasteiger partial charge in [-0.15, -0.1) is 5.10 Å². The molecule has 9 heteroatoms. The molecule has 1 fully saturated rings. The molecule has 0 N–H and O–H groups in total. The monoisotopic (exact) mass is 378 g/mol. The Balaban J connectivity index is 1.69. The van der Waals surface area contributed by atoms with Crippen LogP contribution in [0.5, 0.6) is 11.5 Å². The summed E-state index contributed by atoms with van der Waals surface area (Å²) in [4.78, 5) is 12.8. The van der Waals surface area contributed by atoms with Gasteiger partial charge in [-0.1, -0.05) is 11.8 Å². The van der Waals surface area contributed by atoms with Gasteiger partial charge in [0.05, 0.1) is 32.1 Å². The molecule has 0 unspecified atom stereocenters. The summed E-state index contributed by atoms with van der Waals surface area (Å²) in [5.74, 6) is 1.09. The second kappa shape index (κ2) is 8.50. The van der Waals surface area contributed by atoms with Gasteiger partial charge in [0.15, 0.2) is 17.3 Å². The number of tetrazole rings is 1. The minimum Gasteiger partial charge on any atom is -0.493 e. The van der Waals surface area contributed by atoms with Crippen LogP contribution in [0, 0.1) is 0 Å². The summed E-state index contributed by atoms with van der Waals surface area (Å²) >= 11 is 1.34. The first kappa shape index (κ1) is 18.7. The highest BCUT2D eigenvalue weighted by Gasteiger charge is 2.23. The SMILES string of the molecule is COc1ccc(C(=O)[C@@H](C)Sc2nnnn2C[C@H]2CCCO2)cc1OC. The predicted octanol–water partition coefficient (Wildman–Crippen LogP) is 2.23. The zero-order valence-electron chi connectivity index (χ0n) is 15.0. The molecule has 8 nitrogen and oxygen atoms in total. The molecule has 140 valence electrons. The lowest BCUT2D eigenvalue weighted by atomic mass is 10.1. The van der Waals surface area contributed by atoms with Gasteiger partial charge in [0.1, 0.15) is 0 Å². The summed E-state index contributed by atoms with van der Waals surface area (Å²) in [5, 5.41) is 12.1. The van der Waals surface area contributed by atoms with Crippen molar-refractivity contribution in [3.63, 3.8) is 0 Å². The smallest absolute Gasteiger partial charge is 0.210 e. The van der Waals surface area contributed by atoms with Gasteiger partial charge in [0.25, 0.3) is 0 Å². The summed E-state index contributed by atoms with van der Waals surface area (Å²) in [6.07, 6.45) is 2.20. The third kappa shape index (κ3) is 4.16. The van der Waals surface area contributed by atoms with Gasteiger partial charge in [-0.3, -0.25) is 4.79 Å². The van der Waals surface area contributed by atoms with Crippen molar-refractivity contribution < 1.29 is 19.0 Å².